The van der Waals surface area contributed by atoms with Crippen molar-refractivity contribution in [1.29, 1.82) is 0 Å². The van der Waals surface area contributed by atoms with E-state index >= 15 is 0 Å². The van der Waals surface area contributed by atoms with Crippen LogP contribution in [0.25, 0.3) is 0 Å². The zero-order chi connectivity index (χ0) is 18.5. The van der Waals surface area contributed by atoms with E-state index in [2.05, 4.69) is 63.3 Å². The second kappa shape index (κ2) is 8.36. The van der Waals surface area contributed by atoms with E-state index in [1.807, 2.05) is 13.0 Å². The predicted molar refractivity (Wildman–Crippen MR) is 109 cm³/mol. The number of benzene rings is 1. The molecule has 3 rings (SSSR count). The standard InChI is InChI=1S/C20H30N6/c1-4-25(3)18-7-5-6-16(13-18)14-22-17-8-10-26(11-9-17)19-12-15(2)23-20(21)24-19/h5-7,12-13,17,22H,4,8-11,14H2,1-3H3,(H2,21,23,24). The number of aryl methyl sites for hydroxylation is 1. The SMILES string of the molecule is CCN(C)c1cccc(CNC2CCN(c3cc(C)nc(N)n3)CC2)c1. The van der Waals surface area contributed by atoms with E-state index in [0.29, 0.717) is 12.0 Å². The molecule has 3 N–H and O–H groups in total. The lowest BCUT2D eigenvalue weighted by atomic mass is 10.0. The molecule has 0 aliphatic carbocycles. The molecule has 2 heterocycles. The number of nitrogens with two attached hydrogens (primary N) is 1. The first-order valence-corrected chi connectivity index (χ1v) is 9.44. The Morgan fingerprint density at radius 2 is 2.00 bits per heavy atom. The largest absolute Gasteiger partial charge is 0.375 e. The van der Waals surface area contributed by atoms with Gasteiger partial charge in [0.05, 0.1) is 0 Å². The number of aromatic nitrogens is 2. The summed E-state index contributed by atoms with van der Waals surface area (Å²) in [7, 11) is 2.13. The van der Waals surface area contributed by atoms with Crippen molar-refractivity contribution in [2.24, 2.45) is 0 Å². The van der Waals surface area contributed by atoms with E-state index in [-0.39, 0.29) is 0 Å². The van der Waals surface area contributed by atoms with Crippen molar-refractivity contribution in [2.75, 3.05) is 42.2 Å². The summed E-state index contributed by atoms with van der Waals surface area (Å²) in [4.78, 5) is 13.1. The maximum atomic E-state index is 5.78. The minimum Gasteiger partial charge on any atom is -0.375 e. The molecule has 6 nitrogen and oxygen atoms in total. The predicted octanol–water partition coefficient (Wildman–Crippen LogP) is 2.58. The molecule has 26 heavy (non-hydrogen) atoms. The summed E-state index contributed by atoms with van der Waals surface area (Å²) in [5.74, 6) is 1.31. The third-order valence-electron chi connectivity index (χ3n) is 5.10. The van der Waals surface area contributed by atoms with Gasteiger partial charge in [-0.25, -0.2) is 4.98 Å². The first-order valence-electron chi connectivity index (χ1n) is 9.44. The third-order valence-corrected chi connectivity index (χ3v) is 5.10. The molecule has 1 saturated heterocycles. The fourth-order valence-corrected chi connectivity index (χ4v) is 3.40. The summed E-state index contributed by atoms with van der Waals surface area (Å²) in [5.41, 5.74) is 9.32. The molecule has 0 radical (unpaired) electrons. The van der Waals surface area contributed by atoms with Crippen LogP contribution in [-0.2, 0) is 6.54 Å². The van der Waals surface area contributed by atoms with Crippen LogP contribution in [0.1, 0.15) is 31.0 Å². The Morgan fingerprint density at radius 3 is 2.69 bits per heavy atom. The molecule has 140 valence electrons. The maximum Gasteiger partial charge on any atom is 0.222 e. The van der Waals surface area contributed by atoms with Gasteiger partial charge in [-0.05, 0) is 44.4 Å². The Labute approximate surface area is 156 Å². The zero-order valence-corrected chi connectivity index (χ0v) is 16.1. The van der Waals surface area contributed by atoms with Crippen LogP contribution in [0.2, 0.25) is 0 Å². The van der Waals surface area contributed by atoms with Gasteiger partial charge in [-0.3, -0.25) is 0 Å². The van der Waals surface area contributed by atoms with Crippen LogP contribution in [0.5, 0.6) is 0 Å². The monoisotopic (exact) mass is 354 g/mol. The smallest absolute Gasteiger partial charge is 0.222 e. The highest BCUT2D eigenvalue weighted by molar-refractivity contribution is 5.48. The minimum atomic E-state index is 0.358. The molecular weight excluding hydrogens is 324 g/mol. The molecule has 0 unspecified atom stereocenters. The summed E-state index contributed by atoms with van der Waals surface area (Å²) in [6, 6.07) is 11.3. The fraction of sp³-hybridized carbons (Fsp3) is 0.500. The van der Waals surface area contributed by atoms with Crippen LogP contribution in [0.3, 0.4) is 0 Å². The van der Waals surface area contributed by atoms with Gasteiger partial charge >= 0.3 is 0 Å². The second-order valence-corrected chi connectivity index (χ2v) is 7.05. The Morgan fingerprint density at radius 1 is 1.23 bits per heavy atom. The van der Waals surface area contributed by atoms with Crippen molar-refractivity contribution < 1.29 is 0 Å². The van der Waals surface area contributed by atoms with E-state index in [9.17, 15) is 0 Å². The van der Waals surface area contributed by atoms with Gasteiger partial charge in [-0.1, -0.05) is 12.1 Å². The van der Waals surface area contributed by atoms with Crippen LogP contribution in [0.4, 0.5) is 17.5 Å². The topological polar surface area (TPSA) is 70.3 Å². The maximum absolute atomic E-state index is 5.78. The Bertz CT molecular complexity index is 704. The number of piperidine rings is 1. The van der Waals surface area contributed by atoms with Gasteiger partial charge < -0.3 is 20.9 Å². The molecule has 0 spiro atoms. The Balaban J connectivity index is 1.51. The first kappa shape index (κ1) is 18.5. The first-order chi connectivity index (χ1) is 12.5. The summed E-state index contributed by atoms with van der Waals surface area (Å²) in [5, 5.41) is 3.71. The Kier molecular flexibility index (Phi) is 5.93. The second-order valence-electron chi connectivity index (χ2n) is 7.05. The average Bonchev–Trinajstić information content (AvgIpc) is 2.65. The Hall–Kier alpha value is -2.34. The summed E-state index contributed by atoms with van der Waals surface area (Å²) >= 11 is 0. The molecular formula is C20H30N6. The molecule has 1 aromatic carbocycles. The van der Waals surface area contributed by atoms with Crippen molar-refractivity contribution in [3.63, 3.8) is 0 Å². The van der Waals surface area contributed by atoms with Crippen molar-refractivity contribution in [3.05, 3.63) is 41.6 Å². The van der Waals surface area contributed by atoms with Gasteiger partial charge in [0.1, 0.15) is 5.82 Å². The number of hydrogen-bond acceptors (Lipinski definition) is 6. The van der Waals surface area contributed by atoms with E-state index in [0.717, 1.165) is 50.5 Å². The van der Waals surface area contributed by atoms with Crippen molar-refractivity contribution >= 4 is 17.5 Å². The lowest BCUT2D eigenvalue weighted by Gasteiger charge is -2.33. The molecule has 2 aromatic rings. The molecule has 1 fully saturated rings. The average molecular weight is 355 g/mol. The van der Waals surface area contributed by atoms with Crippen LogP contribution >= 0.6 is 0 Å². The highest BCUT2D eigenvalue weighted by atomic mass is 15.2. The van der Waals surface area contributed by atoms with Crippen LogP contribution < -0.4 is 20.9 Å². The van der Waals surface area contributed by atoms with E-state index in [1.54, 1.807) is 0 Å². The van der Waals surface area contributed by atoms with Gasteiger partial charge in [-0.15, -0.1) is 0 Å². The number of rotatable bonds is 6. The summed E-state index contributed by atoms with van der Waals surface area (Å²) in [6.07, 6.45) is 2.22. The lowest BCUT2D eigenvalue weighted by Crippen LogP contribution is -2.42. The fourth-order valence-electron chi connectivity index (χ4n) is 3.40. The van der Waals surface area contributed by atoms with E-state index in [1.165, 1.54) is 11.3 Å². The lowest BCUT2D eigenvalue weighted by molar-refractivity contribution is 0.412. The molecule has 0 atom stereocenters. The molecule has 1 aliphatic rings. The summed E-state index contributed by atoms with van der Waals surface area (Å²) in [6.45, 7) is 8.04. The molecule has 1 aliphatic heterocycles. The van der Waals surface area contributed by atoms with Crippen molar-refractivity contribution in [3.8, 4) is 0 Å². The van der Waals surface area contributed by atoms with Crippen LogP contribution in [-0.4, -0.2) is 42.7 Å². The van der Waals surface area contributed by atoms with Gasteiger partial charge in [0.15, 0.2) is 0 Å². The molecule has 0 bridgehead atoms. The molecule has 6 heteroatoms. The number of nitrogens with zero attached hydrogens (tertiary/aromatic N) is 4. The number of nitrogens with one attached hydrogen (secondary N) is 1. The summed E-state index contributed by atoms with van der Waals surface area (Å²) < 4.78 is 0. The van der Waals surface area contributed by atoms with Gasteiger partial charge in [0, 0.05) is 56.7 Å². The third kappa shape index (κ3) is 4.64. The number of nitrogen functional groups attached to an aromatic ring is 1. The van der Waals surface area contributed by atoms with Gasteiger partial charge in [-0.2, -0.15) is 4.98 Å². The van der Waals surface area contributed by atoms with Gasteiger partial charge in [0.25, 0.3) is 0 Å². The molecule has 0 saturated carbocycles. The zero-order valence-electron chi connectivity index (χ0n) is 16.1. The van der Waals surface area contributed by atoms with Gasteiger partial charge in [0.2, 0.25) is 5.95 Å². The highest BCUT2D eigenvalue weighted by Gasteiger charge is 2.20. The highest BCUT2D eigenvalue weighted by Crippen LogP contribution is 2.20. The quantitative estimate of drug-likeness (QED) is 0.831. The van der Waals surface area contributed by atoms with E-state index < -0.39 is 0 Å². The van der Waals surface area contributed by atoms with Crippen molar-refractivity contribution in [1.82, 2.24) is 15.3 Å². The molecule has 1 aromatic heterocycles. The van der Waals surface area contributed by atoms with Crippen LogP contribution in [0, 0.1) is 6.92 Å². The minimum absolute atomic E-state index is 0.358. The van der Waals surface area contributed by atoms with Crippen molar-refractivity contribution in [2.45, 2.75) is 39.3 Å². The normalized spacial score (nSPS) is 15.3. The molecule has 0 amide bonds. The van der Waals surface area contributed by atoms with Crippen LogP contribution in [0.15, 0.2) is 30.3 Å². The van der Waals surface area contributed by atoms with E-state index in [4.69, 9.17) is 5.73 Å². The number of hydrogen-bond donors (Lipinski definition) is 2. The number of anilines is 3.